The van der Waals surface area contributed by atoms with Gasteiger partial charge in [0.25, 0.3) is 0 Å². The van der Waals surface area contributed by atoms with Crippen LogP contribution in [0.2, 0.25) is 0 Å². The van der Waals surface area contributed by atoms with E-state index in [0.29, 0.717) is 11.1 Å². The molecule has 0 unspecified atom stereocenters. The Balaban J connectivity index is 2.31. The molecule has 0 aliphatic heterocycles. The van der Waals surface area contributed by atoms with Gasteiger partial charge in [-0.2, -0.15) is 0 Å². The summed E-state index contributed by atoms with van der Waals surface area (Å²) in [6.07, 6.45) is 0. The van der Waals surface area contributed by atoms with E-state index in [0.717, 1.165) is 11.1 Å². The van der Waals surface area contributed by atoms with Crippen molar-refractivity contribution >= 4 is 15.6 Å². The molecule has 0 N–H and O–H groups in total. The molecule has 2 aromatic carbocycles. The van der Waals surface area contributed by atoms with Gasteiger partial charge in [0.1, 0.15) is 5.75 Å². The van der Waals surface area contributed by atoms with Gasteiger partial charge >= 0.3 is 0 Å². The van der Waals surface area contributed by atoms with Gasteiger partial charge < -0.3 is 0 Å². The fraction of sp³-hybridized carbons (Fsp3) is 0.235. The number of hydrogen-bond donors (Lipinski definition) is 0. The Morgan fingerprint density at radius 3 is 2.10 bits per heavy atom. The first-order valence-corrected chi connectivity index (χ1v) is 8.35. The molecule has 0 aliphatic rings. The van der Waals surface area contributed by atoms with Crippen LogP contribution in [0.1, 0.15) is 27.0 Å². The van der Waals surface area contributed by atoms with Crippen molar-refractivity contribution in [1.29, 1.82) is 0 Å². The number of sulfone groups is 1. The van der Waals surface area contributed by atoms with E-state index in [-0.39, 0.29) is 10.7 Å². The summed E-state index contributed by atoms with van der Waals surface area (Å²) < 4.78 is 24.9. The molecule has 0 spiro atoms. The predicted octanol–water partition coefficient (Wildman–Crippen LogP) is 3.27. The van der Waals surface area contributed by atoms with Crippen LogP contribution in [0.5, 0.6) is 0 Å². The highest BCUT2D eigenvalue weighted by Crippen LogP contribution is 2.19. The number of carbonyl (C=O) groups is 1. The highest BCUT2D eigenvalue weighted by Gasteiger charge is 2.22. The van der Waals surface area contributed by atoms with Crippen LogP contribution in [0.25, 0.3) is 0 Å². The Morgan fingerprint density at radius 1 is 0.905 bits per heavy atom. The topological polar surface area (TPSA) is 51.2 Å². The zero-order valence-electron chi connectivity index (χ0n) is 12.4. The van der Waals surface area contributed by atoms with Crippen LogP contribution in [0.3, 0.4) is 0 Å². The SMILES string of the molecule is Cc1ccc(C(=O)CS(=O)(=O)c2cc(C)ccc2C)cc1. The molecule has 0 heterocycles. The molecule has 0 radical (unpaired) electrons. The van der Waals surface area contributed by atoms with Crippen molar-refractivity contribution in [1.82, 2.24) is 0 Å². The van der Waals surface area contributed by atoms with Gasteiger partial charge in [0.05, 0.1) is 4.90 Å². The van der Waals surface area contributed by atoms with Gasteiger partial charge in [0, 0.05) is 5.56 Å². The summed E-state index contributed by atoms with van der Waals surface area (Å²) in [7, 11) is -3.62. The molecule has 110 valence electrons. The van der Waals surface area contributed by atoms with E-state index in [4.69, 9.17) is 0 Å². The third-order valence-electron chi connectivity index (χ3n) is 3.37. The number of aryl methyl sites for hydroxylation is 3. The molecule has 0 atom stereocenters. The lowest BCUT2D eigenvalue weighted by Gasteiger charge is -2.08. The second kappa shape index (κ2) is 5.82. The van der Waals surface area contributed by atoms with Gasteiger partial charge in [-0.3, -0.25) is 4.79 Å². The molecule has 2 rings (SSSR count). The molecular weight excluding hydrogens is 284 g/mol. The first-order chi connectivity index (χ1) is 9.79. The summed E-state index contributed by atoms with van der Waals surface area (Å²) in [6, 6.07) is 12.2. The van der Waals surface area contributed by atoms with Gasteiger partial charge in [0.15, 0.2) is 15.6 Å². The van der Waals surface area contributed by atoms with Crippen molar-refractivity contribution in [3.8, 4) is 0 Å². The lowest BCUT2D eigenvalue weighted by atomic mass is 10.1. The van der Waals surface area contributed by atoms with Crippen molar-refractivity contribution in [3.63, 3.8) is 0 Å². The summed E-state index contributed by atoms with van der Waals surface area (Å²) in [5.74, 6) is -0.878. The van der Waals surface area contributed by atoms with E-state index in [1.807, 2.05) is 19.9 Å². The Kier molecular flexibility index (Phi) is 4.28. The maximum Gasteiger partial charge on any atom is 0.186 e. The molecule has 0 bridgehead atoms. The third kappa shape index (κ3) is 3.58. The Hall–Kier alpha value is -1.94. The van der Waals surface area contributed by atoms with Crippen LogP contribution in [-0.4, -0.2) is 20.0 Å². The minimum atomic E-state index is -3.62. The third-order valence-corrected chi connectivity index (χ3v) is 5.13. The Morgan fingerprint density at radius 2 is 1.48 bits per heavy atom. The fourth-order valence-electron chi connectivity index (χ4n) is 2.12. The van der Waals surface area contributed by atoms with E-state index in [1.54, 1.807) is 43.3 Å². The minimum absolute atomic E-state index is 0.239. The zero-order chi connectivity index (χ0) is 15.6. The summed E-state index contributed by atoms with van der Waals surface area (Å²) in [5, 5.41) is 0. The van der Waals surface area contributed by atoms with Crippen molar-refractivity contribution in [2.24, 2.45) is 0 Å². The molecule has 0 fully saturated rings. The monoisotopic (exact) mass is 302 g/mol. The molecular formula is C17H18O3S. The van der Waals surface area contributed by atoms with Crippen LogP contribution < -0.4 is 0 Å². The first kappa shape index (κ1) is 15.4. The van der Waals surface area contributed by atoms with Crippen LogP contribution in [0, 0.1) is 20.8 Å². The summed E-state index contributed by atoms with van der Waals surface area (Å²) in [6.45, 7) is 5.49. The fourth-order valence-corrected chi connectivity index (χ4v) is 3.71. The van der Waals surface area contributed by atoms with E-state index >= 15 is 0 Å². The average molecular weight is 302 g/mol. The number of rotatable bonds is 4. The molecule has 2 aromatic rings. The molecule has 0 saturated carbocycles. The van der Waals surface area contributed by atoms with Crippen LogP contribution in [0.4, 0.5) is 0 Å². The predicted molar refractivity (Wildman–Crippen MR) is 83.5 cm³/mol. The largest absolute Gasteiger partial charge is 0.293 e. The van der Waals surface area contributed by atoms with Gasteiger partial charge in [0.2, 0.25) is 0 Å². The van der Waals surface area contributed by atoms with Crippen LogP contribution >= 0.6 is 0 Å². The van der Waals surface area contributed by atoms with E-state index < -0.39 is 15.6 Å². The Bertz CT molecular complexity index is 772. The lowest BCUT2D eigenvalue weighted by molar-refractivity contribution is 0.102. The molecule has 21 heavy (non-hydrogen) atoms. The summed E-state index contributed by atoms with van der Waals surface area (Å²) in [4.78, 5) is 12.4. The highest BCUT2D eigenvalue weighted by molar-refractivity contribution is 7.92. The maximum absolute atomic E-state index is 12.4. The lowest BCUT2D eigenvalue weighted by Crippen LogP contribution is -2.17. The van der Waals surface area contributed by atoms with Gasteiger partial charge in [-0.1, -0.05) is 42.0 Å². The summed E-state index contributed by atoms with van der Waals surface area (Å²) in [5.41, 5.74) is 2.98. The second-order valence-corrected chi connectivity index (χ2v) is 7.28. The standard InChI is InChI=1S/C17H18O3S/c1-12-5-8-15(9-6-12)16(18)11-21(19,20)17-10-13(2)4-7-14(17)3/h4-10H,11H2,1-3H3. The molecule has 0 saturated heterocycles. The second-order valence-electron chi connectivity index (χ2n) is 5.32. The first-order valence-electron chi connectivity index (χ1n) is 6.69. The molecule has 0 aliphatic carbocycles. The quantitative estimate of drug-likeness (QED) is 0.815. The van der Waals surface area contributed by atoms with Crippen molar-refractivity contribution < 1.29 is 13.2 Å². The van der Waals surface area contributed by atoms with E-state index in [2.05, 4.69) is 0 Å². The normalized spacial score (nSPS) is 11.4. The number of benzene rings is 2. The zero-order valence-corrected chi connectivity index (χ0v) is 13.2. The van der Waals surface area contributed by atoms with Crippen LogP contribution in [-0.2, 0) is 9.84 Å². The summed E-state index contributed by atoms with van der Waals surface area (Å²) >= 11 is 0. The number of hydrogen-bond acceptors (Lipinski definition) is 3. The molecule has 0 aromatic heterocycles. The van der Waals surface area contributed by atoms with Crippen molar-refractivity contribution in [2.45, 2.75) is 25.7 Å². The van der Waals surface area contributed by atoms with E-state index in [1.165, 1.54) is 0 Å². The van der Waals surface area contributed by atoms with Gasteiger partial charge in [-0.05, 0) is 38.0 Å². The number of Topliss-reactive ketones (excluding diaryl/α,β-unsaturated/α-hetero) is 1. The highest BCUT2D eigenvalue weighted by atomic mass is 32.2. The maximum atomic E-state index is 12.4. The molecule has 3 nitrogen and oxygen atoms in total. The smallest absolute Gasteiger partial charge is 0.186 e. The van der Waals surface area contributed by atoms with E-state index in [9.17, 15) is 13.2 Å². The minimum Gasteiger partial charge on any atom is -0.293 e. The van der Waals surface area contributed by atoms with Crippen LogP contribution in [0.15, 0.2) is 47.4 Å². The van der Waals surface area contributed by atoms with Gasteiger partial charge in [-0.15, -0.1) is 0 Å². The van der Waals surface area contributed by atoms with Crippen molar-refractivity contribution in [3.05, 3.63) is 64.7 Å². The number of ketones is 1. The van der Waals surface area contributed by atoms with Gasteiger partial charge in [-0.25, -0.2) is 8.42 Å². The van der Waals surface area contributed by atoms with Crippen molar-refractivity contribution in [2.75, 3.05) is 5.75 Å². The number of carbonyl (C=O) groups excluding carboxylic acids is 1. The Labute approximate surface area is 125 Å². The molecule has 4 heteroatoms. The molecule has 0 amide bonds. The average Bonchev–Trinajstić information content (AvgIpc) is 2.41.